The van der Waals surface area contributed by atoms with Crippen LogP contribution in [-0.2, 0) is 4.79 Å². The van der Waals surface area contributed by atoms with Gasteiger partial charge in [0.25, 0.3) is 0 Å². The van der Waals surface area contributed by atoms with Crippen molar-refractivity contribution in [2.24, 2.45) is 11.1 Å². The Morgan fingerprint density at radius 3 is 2.29 bits per heavy atom. The molecule has 1 rings (SSSR count). The number of hydrogen-bond donors (Lipinski definition) is 2. The molecule has 0 atom stereocenters. The van der Waals surface area contributed by atoms with Gasteiger partial charge in [0.2, 0.25) is 5.91 Å². The zero-order valence-electron chi connectivity index (χ0n) is 10.7. The molecule has 1 heterocycles. The van der Waals surface area contributed by atoms with Gasteiger partial charge in [-0.2, -0.15) is 0 Å². The molecule has 0 aliphatic carbocycles. The summed E-state index contributed by atoms with van der Waals surface area (Å²) in [6, 6.07) is 0. The van der Waals surface area contributed by atoms with E-state index < -0.39 is 5.41 Å². The van der Waals surface area contributed by atoms with Crippen molar-refractivity contribution in [2.75, 3.05) is 11.9 Å². The van der Waals surface area contributed by atoms with Crippen molar-refractivity contribution in [3.8, 4) is 0 Å². The Labute approximate surface area is 102 Å². The zero-order chi connectivity index (χ0) is 12.9. The summed E-state index contributed by atoms with van der Waals surface area (Å²) in [7, 11) is 0. The van der Waals surface area contributed by atoms with Gasteiger partial charge in [-0.1, -0.05) is 13.8 Å². The zero-order valence-corrected chi connectivity index (χ0v) is 10.7. The number of aryl methyl sites for hydroxylation is 1. The summed E-state index contributed by atoms with van der Waals surface area (Å²) < 4.78 is 0. The lowest BCUT2D eigenvalue weighted by atomic mass is 9.81. The van der Waals surface area contributed by atoms with E-state index in [0.717, 1.165) is 12.8 Å². The van der Waals surface area contributed by atoms with Crippen LogP contribution in [0.1, 0.15) is 32.5 Å². The van der Waals surface area contributed by atoms with E-state index >= 15 is 0 Å². The summed E-state index contributed by atoms with van der Waals surface area (Å²) in [5, 5.41) is 2.82. The summed E-state index contributed by atoms with van der Waals surface area (Å²) >= 11 is 0. The van der Waals surface area contributed by atoms with Crippen molar-refractivity contribution in [1.82, 2.24) is 9.97 Å². The highest BCUT2D eigenvalue weighted by Crippen LogP contribution is 2.26. The fourth-order valence-corrected chi connectivity index (χ4v) is 1.67. The lowest BCUT2D eigenvalue weighted by molar-refractivity contribution is -0.125. The second-order valence-corrected chi connectivity index (χ2v) is 4.16. The van der Waals surface area contributed by atoms with Crippen molar-refractivity contribution >= 4 is 11.6 Å². The van der Waals surface area contributed by atoms with Gasteiger partial charge >= 0.3 is 0 Å². The molecule has 0 radical (unpaired) electrons. The van der Waals surface area contributed by atoms with Gasteiger partial charge in [0.1, 0.15) is 5.82 Å². The number of hydrogen-bond acceptors (Lipinski definition) is 4. The second kappa shape index (κ2) is 5.72. The average Bonchev–Trinajstić information content (AvgIpc) is 2.35. The van der Waals surface area contributed by atoms with Crippen molar-refractivity contribution in [2.45, 2.75) is 33.6 Å². The van der Waals surface area contributed by atoms with Crippen LogP contribution in [0, 0.1) is 12.3 Å². The molecule has 0 spiro atoms. The molecule has 94 valence electrons. The average molecular weight is 236 g/mol. The quantitative estimate of drug-likeness (QED) is 0.811. The fourth-order valence-electron chi connectivity index (χ4n) is 1.67. The number of nitrogens with two attached hydrogens (primary N) is 1. The first kappa shape index (κ1) is 13.6. The first-order valence-corrected chi connectivity index (χ1v) is 5.88. The van der Waals surface area contributed by atoms with E-state index in [-0.39, 0.29) is 5.91 Å². The van der Waals surface area contributed by atoms with Crippen LogP contribution in [0.2, 0.25) is 0 Å². The van der Waals surface area contributed by atoms with Crippen LogP contribution in [-0.4, -0.2) is 22.4 Å². The van der Waals surface area contributed by atoms with Gasteiger partial charge in [-0.25, -0.2) is 9.97 Å². The van der Waals surface area contributed by atoms with Gasteiger partial charge in [0.15, 0.2) is 0 Å². The van der Waals surface area contributed by atoms with Crippen molar-refractivity contribution in [3.63, 3.8) is 0 Å². The molecule has 0 aromatic carbocycles. The minimum Gasteiger partial charge on any atom is -0.329 e. The number of amides is 1. The number of carbonyl (C=O) groups excluding carboxylic acids is 1. The van der Waals surface area contributed by atoms with Crippen molar-refractivity contribution in [3.05, 3.63) is 18.2 Å². The van der Waals surface area contributed by atoms with E-state index in [4.69, 9.17) is 5.73 Å². The third kappa shape index (κ3) is 3.00. The van der Waals surface area contributed by atoms with E-state index in [2.05, 4.69) is 15.3 Å². The summed E-state index contributed by atoms with van der Waals surface area (Å²) in [5.74, 6) is 0.622. The highest BCUT2D eigenvalue weighted by Gasteiger charge is 2.33. The van der Waals surface area contributed by atoms with Crippen LogP contribution in [0.4, 0.5) is 5.69 Å². The first-order chi connectivity index (χ1) is 8.07. The minimum absolute atomic E-state index is 0.0579. The maximum atomic E-state index is 12.2. The van der Waals surface area contributed by atoms with Gasteiger partial charge in [-0.05, 0) is 19.8 Å². The Morgan fingerprint density at radius 1 is 1.35 bits per heavy atom. The molecular formula is C12H20N4O. The van der Waals surface area contributed by atoms with E-state index in [0.29, 0.717) is 18.1 Å². The lowest BCUT2D eigenvalue weighted by Gasteiger charge is -2.28. The normalized spacial score (nSPS) is 11.3. The molecule has 1 amide bonds. The maximum absolute atomic E-state index is 12.2. The van der Waals surface area contributed by atoms with Gasteiger partial charge in [0, 0.05) is 6.54 Å². The predicted molar refractivity (Wildman–Crippen MR) is 67.5 cm³/mol. The Balaban J connectivity index is 2.80. The summed E-state index contributed by atoms with van der Waals surface area (Å²) in [6.07, 6.45) is 4.65. The molecule has 0 fully saturated rings. The molecule has 0 saturated carbocycles. The van der Waals surface area contributed by atoms with E-state index in [9.17, 15) is 4.79 Å². The van der Waals surface area contributed by atoms with Crippen LogP contribution in [0.15, 0.2) is 12.4 Å². The molecule has 0 bridgehead atoms. The summed E-state index contributed by atoms with van der Waals surface area (Å²) in [5.41, 5.74) is 5.83. The SMILES string of the molecule is CCC(CC)(CN)C(=O)Nc1cnc(C)nc1. The van der Waals surface area contributed by atoms with Crippen LogP contribution >= 0.6 is 0 Å². The molecule has 5 nitrogen and oxygen atoms in total. The van der Waals surface area contributed by atoms with Gasteiger partial charge in [0.05, 0.1) is 23.5 Å². The molecule has 0 unspecified atom stereocenters. The molecule has 5 heteroatoms. The van der Waals surface area contributed by atoms with Crippen LogP contribution in [0.5, 0.6) is 0 Å². The number of carbonyl (C=O) groups is 1. The minimum atomic E-state index is -0.495. The monoisotopic (exact) mass is 236 g/mol. The maximum Gasteiger partial charge on any atom is 0.231 e. The fraction of sp³-hybridized carbons (Fsp3) is 0.583. The van der Waals surface area contributed by atoms with Crippen LogP contribution < -0.4 is 11.1 Å². The number of nitrogens with zero attached hydrogens (tertiary/aromatic N) is 2. The van der Waals surface area contributed by atoms with Crippen LogP contribution in [0.25, 0.3) is 0 Å². The largest absolute Gasteiger partial charge is 0.329 e. The number of anilines is 1. The lowest BCUT2D eigenvalue weighted by Crippen LogP contribution is -2.41. The standard InChI is InChI=1S/C12H20N4O/c1-4-12(5-2,8-13)11(17)16-10-6-14-9(3)15-7-10/h6-7H,4-5,8,13H2,1-3H3,(H,16,17). The smallest absolute Gasteiger partial charge is 0.231 e. The molecule has 1 aromatic heterocycles. The van der Waals surface area contributed by atoms with E-state index in [1.54, 1.807) is 19.3 Å². The molecule has 0 saturated heterocycles. The highest BCUT2D eigenvalue weighted by atomic mass is 16.2. The third-order valence-corrected chi connectivity index (χ3v) is 3.26. The Kier molecular flexibility index (Phi) is 4.57. The molecule has 0 aliphatic rings. The molecule has 1 aromatic rings. The highest BCUT2D eigenvalue weighted by molar-refractivity contribution is 5.95. The summed E-state index contributed by atoms with van der Waals surface area (Å²) in [6.45, 7) is 6.09. The van der Waals surface area contributed by atoms with Crippen LogP contribution in [0.3, 0.4) is 0 Å². The van der Waals surface area contributed by atoms with E-state index in [1.807, 2.05) is 13.8 Å². The molecule has 17 heavy (non-hydrogen) atoms. The topological polar surface area (TPSA) is 80.9 Å². The Bertz CT molecular complexity index is 362. The number of nitrogens with one attached hydrogen (secondary N) is 1. The van der Waals surface area contributed by atoms with Crippen molar-refractivity contribution < 1.29 is 4.79 Å². The van der Waals surface area contributed by atoms with E-state index in [1.165, 1.54) is 0 Å². The number of rotatable bonds is 5. The van der Waals surface area contributed by atoms with Crippen molar-refractivity contribution in [1.29, 1.82) is 0 Å². The summed E-state index contributed by atoms with van der Waals surface area (Å²) in [4.78, 5) is 20.2. The first-order valence-electron chi connectivity index (χ1n) is 5.88. The third-order valence-electron chi connectivity index (χ3n) is 3.26. The molecule has 3 N–H and O–H groups in total. The Morgan fingerprint density at radius 2 is 1.88 bits per heavy atom. The molecular weight excluding hydrogens is 216 g/mol. The Hall–Kier alpha value is -1.49. The van der Waals surface area contributed by atoms with Gasteiger partial charge < -0.3 is 11.1 Å². The second-order valence-electron chi connectivity index (χ2n) is 4.16. The number of aromatic nitrogens is 2. The van der Waals surface area contributed by atoms with Gasteiger partial charge in [-0.15, -0.1) is 0 Å². The molecule has 0 aliphatic heterocycles. The van der Waals surface area contributed by atoms with Gasteiger partial charge in [-0.3, -0.25) is 4.79 Å². The predicted octanol–water partition coefficient (Wildman–Crippen LogP) is 1.49.